The summed E-state index contributed by atoms with van der Waals surface area (Å²) in [5.41, 5.74) is -0.585. The molecule has 0 heterocycles. The summed E-state index contributed by atoms with van der Waals surface area (Å²) in [5, 5.41) is 3.87. The van der Waals surface area contributed by atoms with E-state index in [2.05, 4.69) is 18.4 Å². The fourth-order valence-electron chi connectivity index (χ4n) is 1.39. The van der Waals surface area contributed by atoms with Gasteiger partial charge < -0.3 is 8.92 Å². The van der Waals surface area contributed by atoms with E-state index in [1.807, 2.05) is 0 Å². The third kappa shape index (κ3) is 7.25. The van der Waals surface area contributed by atoms with Crippen LogP contribution >= 0.6 is 12.0 Å². The molecule has 0 N–H and O–H groups in total. The van der Waals surface area contributed by atoms with Gasteiger partial charge in [0.2, 0.25) is 4.24 Å². The maximum Gasteiger partial charge on any atom is 0.353 e. The Hall–Kier alpha value is -1.73. The number of benzene rings is 1. The Bertz CT molecular complexity index is 750. The summed E-state index contributed by atoms with van der Waals surface area (Å²) in [6, 6.07) is 4.68. The van der Waals surface area contributed by atoms with E-state index in [1.165, 1.54) is 12.1 Å². The predicted octanol–water partition coefficient (Wildman–Crippen LogP) is 3.57. The molecule has 0 amide bonds. The molecule has 0 radical (unpaired) electrons. The van der Waals surface area contributed by atoms with Crippen LogP contribution in [0.2, 0.25) is 0 Å². The van der Waals surface area contributed by atoms with Gasteiger partial charge >= 0.3 is 22.2 Å². The zero-order valence-corrected chi connectivity index (χ0v) is 15.8. The minimum absolute atomic E-state index is 0.128. The molecule has 146 valence electrons. The molecule has 0 aliphatic rings. The smallest absolute Gasteiger partial charge is 0.353 e. The van der Waals surface area contributed by atoms with E-state index in [-0.39, 0.29) is 23.4 Å². The zero-order valence-electron chi connectivity index (χ0n) is 14.1. The summed E-state index contributed by atoms with van der Waals surface area (Å²) < 4.78 is 61.7. The lowest BCUT2D eigenvalue weighted by Crippen LogP contribution is -2.23. The first-order chi connectivity index (χ1) is 12.0. The van der Waals surface area contributed by atoms with Crippen molar-refractivity contribution in [2.75, 3.05) is 7.11 Å². The molecule has 12 heteroatoms. The Morgan fingerprint density at radius 1 is 1.12 bits per heavy atom. The van der Waals surface area contributed by atoms with Crippen LogP contribution in [0.5, 0.6) is 5.75 Å². The molecular weight excluding hydrogens is 398 g/mol. The highest BCUT2D eigenvalue weighted by molar-refractivity contribution is 8.14. The van der Waals surface area contributed by atoms with Gasteiger partial charge in [-0.1, -0.05) is 5.04 Å². The maximum absolute atomic E-state index is 12.8. The second kappa shape index (κ2) is 9.28. The van der Waals surface area contributed by atoms with Gasteiger partial charge in [0.05, 0.1) is 24.7 Å². The highest BCUT2D eigenvalue weighted by Gasteiger charge is 2.29. The van der Waals surface area contributed by atoms with E-state index >= 15 is 0 Å². The van der Waals surface area contributed by atoms with E-state index in [9.17, 15) is 22.0 Å². The summed E-state index contributed by atoms with van der Waals surface area (Å²) in [6.07, 6.45) is -2.57. The van der Waals surface area contributed by atoms with Gasteiger partial charge in [-0.3, -0.25) is 0 Å². The molecule has 0 bridgehead atoms. The Kier molecular flexibility index (Phi) is 7.96. The molecule has 1 aromatic carbocycles. The van der Waals surface area contributed by atoms with Gasteiger partial charge in [0.1, 0.15) is 11.4 Å². The molecule has 0 spiro atoms. The van der Waals surface area contributed by atoms with Gasteiger partial charge in [-0.05, 0) is 45.0 Å². The third-order valence-electron chi connectivity index (χ3n) is 2.28. The fourth-order valence-corrected chi connectivity index (χ4v) is 2.74. The molecule has 26 heavy (non-hydrogen) atoms. The second-order valence-electron chi connectivity index (χ2n) is 5.50. The van der Waals surface area contributed by atoms with Gasteiger partial charge in [-0.15, -0.1) is 4.33 Å². The van der Waals surface area contributed by atoms with Crippen LogP contribution in [-0.4, -0.2) is 27.1 Å². The van der Waals surface area contributed by atoms with E-state index in [0.29, 0.717) is 0 Å². The van der Waals surface area contributed by atoms with Crippen molar-refractivity contribution >= 4 is 28.1 Å². The molecule has 8 nitrogen and oxygen atoms in total. The number of carbonyl (C=O) groups is 1. The standard InChI is InChI=1S/C14H16F2O8S2/c1-14(2,3)21-12(17)9-5-7-10(8-6-9)22-26(18,19)13(11(15)16)25-24-23-20-4/h5-8H,1-4H3. The topological polar surface area (TPSA) is 97.4 Å². The Morgan fingerprint density at radius 2 is 1.69 bits per heavy atom. The molecule has 0 aliphatic heterocycles. The van der Waals surface area contributed by atoms with Crippen LogP contribution in [0, 0.1) is 0 Å². The van der Waals surface area contributed by atoms with Crippen LogP contribution in [0.4, 0.5) is 8.78 Å². The highest BCUT2D eigenvalue weighted by atomic mass is 32.3. The molecule has 0 aliphatic carbocycles. The van der Waals surface area contributed by atoms with E-state index in [1.54, 1.807) is 20.8 Å². The second-order valence-corrected chi connectivity index (χ2v) is 7.95. The fraction of sp³-hybridized carbons (Fsp3) is 0.357. The normalized spacial score (nSPS) is 11.8. The molecule has 0 unspecified atom stereocenters. The quantitative estimate of drug-likeness (QED) is 0.158. The van der Waals surface area contributed by atoms with Crippen molar-refractivity contribution < 1.29 is 45.2 Å². The lowest BCUT2D eigenvalue weighted by Gasteiger charge is -2.19. The minimum Gasteiger partial charge on any atom is -0.456 e. The molecular formula is C14H16F2O8S2. The van der Waals surface area contributed by atoms with Crippen molar-refractivity contribution in [3.8, 4) is 5.75 Å². The van der Waals surface area contributed by atoms with Gasteiger partial charge in [-0.2, -0.15) is 17.2 Å². The van der Waals surface area contributed by atoms with Crippen molar-refractivity contribution in [3.05, 3.63) is 40.1 Å². The molecule has 0 saturated heterocycles. The van der Waals surface area contributed by atoms with Crippen LogP contribution in [0.25, 0.3) is 0 Å². The first-order valence-electron chi connectivity index (χ1n) is 6.83. The van der Waals surface area contributed by atoms with E-state index in [4.69, 9.17) is 4.74 Å². The summed E-state index contributed by atoms with van der Waals surface area (Å²) in [7, 11) is -3.88. The molecule has 0 atom stereocenters. The Labute approximate surface area is 153 Å². The third-order valence-corrected chi connectivity index (χ3v) is 4.55. The highest BCUT2D eigenvalue weighted by Crippen LogP contribution is 2.31. The number of hydrogen-bond donors (Lipinski definition) is 0. The summed E-state index contributed by atoms with van der Waals surface area (Å²) >= 11 is -0.310. The largest absolute Gasteiger partial charge is 0.456 e. The summed E-state index contributed by atoms with van der Waals surface area (Å²) in [6.45, 7) is 5.05. The Morgan fingerprint density at radius 3 is 2.15 bits per heavy atom. The summed E-state index contributed by atoms with van der Waals surface area (Å²) in [5.74, 6) is -0.938. The van der Waals surface area contributed by atoms with E-state index in [0.717, 1.165) is 19.2 Å². The number of ether oxygens (including phenoxy) is 1. The van der Waals surface area contributed by atoms with Gasteiger partial charge in [0.15, 0.2) is 0 Å². The minimum atomic E-state index is -4.90. The maximum atomic E-state index is 12.8. The summed E-state index contributed by atoms with van der Waals surface area (Å²) in [4.78, 5) is 15.9. The van der Waals surface area contributed by atoms with Gasteiger partial charge in [0.25, 0.3) is 0 Å². The zero-order chi connectivity index (χ0) is 20.0. The van der Waals surface area contributed by atoms with Gasteiger partial charge in [-0.25, -0.2) is 9.68 Å². The Balaban J connectivity index is 2.90. The molecule has 0 fully saturated rings. The van der Waals surface area contributed by atoms with Crippen molar-refractivity contribution in [3.63, 3.8) is 0 Å². The van der Waals surface area contributed by atoms with Crippen molar-refractivity contribution in [1.82, 2.24) is 0 Å². The molecule has 0 saturated carbocycles. The average Bonchev–Trinajstić information content (AvgIpc) is 2.49. The first kappa shape index (κ1) is 22.3. The van der Waals surface area contributed by atoms with Crippen molar-refractivity contribution in [2.24, 2.45) is 0 Å². The SMILES string of the molecule is COOOSC(=C(F)F)S(=O)(=O)Oc1ccc(C(=O)OC(C)(C)C)cc1. The molecule has 1 rings (SSSR count). The first-order valence-corrected chi connectivity index (χ1v) is 8.98. The van der Waals surface area contributed by atoms with Crippen LogP contribution in [0.1, 0.15) is 31.1 Å². The lowest BCUT2D eigenvalue weighted by molar-refractivity contribution is -0.447. The molecule has 0 aromatic heterocycles. The predicted molar refractivity (Wildman–Crippen MR) is 87.2 cm³/mol. The van der Waals surface area contributed by atoms with Crippen LogP contribution in [0.3, 0.4) is 0 Å². The van der Waals surface area contributed by atoms with Crippen molar-refractivity contribution in [2.45, 2.75) is 26.4 Å². The van der Waals surface area contributed by atoms with Gasteiger partial charge in [0, 0.05) is 0 Å². The lowest BCUT2D eigenvalue weighted by atomic mass is 10.1. The molecule has 1 aromatic rings. The van der Waals surface area contributed by atoms with Crippen LogP contribution in [-0.2, 0) is 29.1 Å². The van der Waals surface area contributed by atoms with Crippen LogP contribution in [0.15, 0.2) is 34.6 Å². The average molecular weight is 414 g/mol. The number of hydrogen-bond acceptors (Lipinski definition) is 9. The number of halogens is 2. The van der Waals surface area contributed by atoms with Crippen LogP contribution < -0.4 is 4.18 Å². The number of esters is 1. The van der Waals surface area contributed by atoms with Crippen molar-refractivity contribution in [1.29, 1.82) is 0 Å². The van der Waals surface area contributed by atoms with E-state index < -0.39 is 32.0 Å². The number of carbonyl (C=O) groups excluding carboxylic acids is 1. The number of rotatable bonds is 8. The monoisotopic (exact) mass is 414 g/mol.